The molecule has 0 bridgehead atoms. The summed E-state index contributed by atoms with van der Waals surface area (Å²) in [5, 5.41) is 20.1. The molecule has 0 aliphatic rings. The predicted molar refractivity (Wildman–Crippen MR) is 134 cm³/mol. The third kappa shape index (κ3) is 5.71. The van der Waals surface area contributed by atoms with Gasteiger partial charge in [0.25, 0.3) is 5.91 Å². The van der Waals surface area contributed by atoms with Gasteiger partial charge in [-0.2, -0.15) is 5.10 Å². The lowest BCUT2D eigenvalue weighted by Gasteiger charge is -2.10. The molecule has 0 radical (unpaired) electrons. The summed E-state index contributed by atoms with van der Waals surface area (Å²) in [5.74, 6) is -0.494. The first-order valence-electron chi connectivity index (χ1n) is 10.3. The molecule has 5 nitrogen and oxygen atoms in total. The van der Waals surface area contributed by atoms with E-state index in [1.54, 1.807) is 6.21 Å². The van der Waals surface area contributed by atoms with Crippen molar-refractivity contribution in [1.29, 1.82) is 0 Å². The third-order valence-electron chi connectivity index (χ3n) is 5.18. The number of carbonyl (C=O) groups excluding carboxylic acids is 1. The Kier molecular flexibility index (Phi) is 7.25. The molecular formula is C26H21Cl2N3O2. The van der Waals surface area contributed by atoms with Crippen LogP contribution in [-0.2, 0) is 13.1 Å². The molecule has 4 rings (SSSR count). The number of hydrogen-bond donors (Lipinski definition) is 3. The zero-order valence-corrected chi connectivity index (χ0v) is 19.1. The Morgan fingerprint density at radius 1 is 0.909 bits per heavy atom. The van der Waals surface area contributed by atoms with Gasteiger partial charge in [-0.3, -0.25) is 4.79 Å². The number of fused-ring (bicyclic) bond motifs is 1. The highest BCUT2D eigenvalue weighted by Crippen LogP contribution is 2.24. The molecule has 0 spiro atoms. The van der Waals surface area contributed by atoms with E-state index in [1.165, 1.54) is 23.8 Å². The lowest BCUT2D eigenvalue weighted by atomic mass is 10.0. The Morgan fingerprint density at radius 3 is 2.45 bits per heavy atom. The highest BCUT2D eigenvalue weighted by Gasteiger charge is 2.08. The highest BCUT2D eigenvalue weighted by molar-refractivity contribution is 6.32. The van der Waals surface area contributed by atoms with Crippen LogP contribution in [0.15, 0.2) is 84.0 Å². The van der Waals surface area contributed by atoms with Gasteiger partial charge in [0.15, 0.2) is 0 Å². The van der Waals surface area contributed by atoms with Gasteiger partial charge in [0, 0.05) is 29.2 Å². The van der Waals surface area contributed by atoms with Crippen molar-refractivity contribution in [3.05, 3.63) is 111 Å². The summed E-state index contributed by atoms with van der Waals surface area (Å²) in [6.45, 7) is 1.45. The molecule has 0 atom stereocenters. The molecule has 4 aromatic carbocycles. The normalized spacial score (nSPS) is 11.2. The van der Waals surface area contributed by atoms with E-state index in [1.807, 2.05) is 48.5 Å². The molecule has 0 aliphatic carbocycles. The van der Waals surface area contributed by atoms with Crippen LogP contribution in [0.5, 0.6) is 5.75 Å². The molecule has 0 aromatic heterocycles. The van der Waals surface area contributed by atoms with Crippen LogP contribution in [0.4, 0.5) is 0 Å². The number of carbonyl (C=O) groups is 1. The number of aromatic hydroxyl groups is 1. The Balaban J connectivity index is 1.45. The Labute approximate surface area is 201 Å². The minimum atomic E-state index is -0.416. The first kappa shape index (κ1) is 22.8. The van der Waals surface area contributed by atoms with Gasteiger partial charge in [-0.1, -0.05) is 71.7 Å². The van der Waals surface area contributed by atoms with Gasteiger partial charge in [-0.05, 0) is 52.2 Å². The average molecular weight is 478 g/mol. The summed E-state index contributed by atoms with van der Waals surface area (Å²) < 4.78 is 0. The monoisotopic (exact) mass is 477 g/mol. The van der Waals surface area contributed by atoms with Crippen LogP contribution in [0.3, 0.4) is 0 Å². The van der Waals surface area contributed by atoms with Gasteiger partial charge in [0.1, 0.15) is 5.75 Å². The molecule has 0 heterocycles. The largest absolute Gasteiger partial charge is 0.506 e. The van der Waals surface area contributed by atoms with Crippen LogP contribution in [0.2, 0.25) is 10.0 Å². The van der Waals surface area contributed by atoms with Crippen molar-refractivity contribution in [1.82, 2.24) is 10.7 Å². The number of rotatable bonds is 7. The molecule has 1 amide bonds. The molecule has 7 heteroatoms. The van der Waals surface area contributed by atoms with Gasteiger partial charge < -0.3 is 10.4 Å². The van der Waals surface area contributed by atoms with Crippen molar-refractivity contribution in [3.8, 4) is 5.75 Å². The summed E-state index contributed by atoms with van der Waals surface area (Å²) in [6, 6.07) is 24.1. The molecule has 33 heavy (non-hydrogen) atoms. The molecule has 0 fully saturated rings. The second-order valence-electron chi connectivity index (χ2n) is 7.45. The topological polar surface area (TPSA) is 73.7 Å². The van der Waals surface area contributed by atoms with E-state index in [9.17, 15) is 9.90 Å². The predicted octanol–water partition coefficient (Wildman–Crippen LogP) is 5.91. The third-order valence-corrected chi connectivity index (χ3v) is 5.74. The summed E-state index contributed by atoms with van der Waals surface area (Å²) in [6.07, 6.45) is 1.62. The number of benzene rings is 4. The van der Waals surface area contributed by atoms with Crippen LogP contribution in [0.1, 0.15) is 27.0 Å². The van der Waals surface area contributed by atoms with Crippen molar-refractivity contribution in [3.63, 3.8) is 0 Å². The summed E-state index contributed by atoms with van der Waals surface area (Å²) >= 11 is 11.8. The Bertz CT molecular complexity index is 1320. The molecule has 166 valence electrons. The molecule has 0 aliphatic heterocycles. The fourth-order valence-electron chi connectivity index (χ4n) is 3.48. The summed E-state index contributed by atoms with van der Waals surface area (Å²) in [5.41, 5.74) is 6.02. The number of phenols is 1. The lowest BCUT2D eigenvalue weighted by molar-refractivity contribution is 0.0955. The zero-order valence-electron chi connectivity index (χ0n) is 17.6. The number of phenolic OH excluding ortho intramolecular Hbond substituents is 1. The number of hydrazone groups is 1. The van der Waals surface area contributed by atoms with Crippen LogP contribution in [0.25, 0.3) is 10.8 Å². The fraction of sp³-hybridized carbons (Fsp3) is 0.0769. The molecule has 0 unspecified atom stereocenters. The van der Waals surface area contributed by atoms with E-state index >= 15 is 0 Å². The number of hydrogen-bond acceptors (Lipinski definition) is 4. The standard InChI is InChI=1S/C26H21Cl2N3O2/c27-21-10-7-17(8-11-21)14-29-15-19-3-1-6-23-20(4-2-5-22(19)23)16-30-31-26(33)18-9-12-25(32)24(28)13-18/h1-13,16,29,32H,14-15H2,(H,31,33). The van der Waals surface area contributed by atoms with E-state index in [0.29, 0.717) is 12.1 Å². The van der Waals surface area contributed by atoms with Crippen LogP contribution in [-0.4, -0.2) is 17.2 Å². The maximum absolute atomic E-state index is 12.3. The number of nitrogens with one attached hydrogen (secondary N) is 2. The number of nitrogens with zero attached hydrogens (tertiary/aromatic N) is 1. The van der Waals surface area contributed by atoms with Crippen molar-refractivity contribution < 1.29 is 9.90 Å². The van der Waals surface area contributed by atoms with Gasteiger partial charge >= 0.3 is 0 Å². The van der Waals surface area contributed by atoms with Gasteiger partial charge in [0.2, 0.25) is 0 Å². The zero-order chi connectivity index (χ0) is 23.2. The maximum Gasteiger partial charge on any atom is 0.271 e. The lowest BCUT2D eigenvalue weighted by Crippen LogP contribution is -2.17. The smallest absolute Gasteiger partial charge is 0.271 e. The second kappa shape index (κ2) is 10.5. The minimum Gasteiger partial charge on any atom is -0.506 e. The average Bonchev–Trinajstić information content (AvgIpc) is 2.82. The van der Waals surface area contributed by atoms with E-state index in [0.717, 1.165) is 33.5 Å². The number of amides is 1. The highest BCUT2D eigenvalue weighted by atomic mass is 35.5. The van der Waals surface area contributed by atoms with Crippen molar-refractivity contribution in [2.45, 2.75) is 13.1 Å². The molecular weight excluding hydrogens is 457 g/mol. The molecule has 3 N–H and O–H groups in total. The summed E-state index contributed by atoms with van der Waals surface area (Å²) in [4.78, 5) is 12.3. The van der Waals surface area contributed by atoms with Crippen molar-refractivity contribution >= 4 is 46.1 Å². The Hall–Kier alpha value is -3.38. The number of halogens is 2. The SMILES string of the molecule is O=C(NN=Cc1cccc2c(CNCc3ccc(Cl)cc3)cccc12)c1ccc(O)c(Cl)c1. The Morgan fingerprint density at radius 2 is 1.67 bits per heavy atom. The second-order valence-corrected chi connectivity index (χ2v) is 8.30. The van der Waals surface area contributed by atoms with Gasteiger partial charge in [0.05, 0.1) is 11.2 Å². The molecule has 0 saturated carbocycles. The summed E-state index contributed by atoms with van der Waals surface area (Å²) in [7, 11) is 0. The van der Waals surface area contributed by atoms with E-state index in [4.69, 9.17) is 23.2 Å². The van der Waals surface area contributed by atoms with Crippen molar-refractivity contribution in [2.75, 3.05) is 0 Å². The van der Waals surface area contributed by atoms with Crippen LogP contribution >= 0.6 is 23.2 Å². The minimum absolute atomic E-state index is 0.0778. The van der Waals surface area contributed by atoms with Gasteiger partial charge in [-0.15, -0.1) is 0 Å². The van der Waals surface area contributed by atoms with E-state index in [-0.39, 0.29) is 10.8 Å². The van der Waals surface area contributed by atoms with Gasteiger partial charge in [-0.25, -0.2) is 5.43 Å². The van der Waals surface area contributed by atoms with Crippen molar-refractivity contribution in [2.24, 2.45) is 5.10 Å². The molecule has 4 aromatic rings. The fourth-order valence-corrected chi connectivity index (χ4v) is 3.79. The van der Waals surface area contributed by atoms with E-state index < -0.39 is 5.91 Å². The quantitative estimate of drug-likeness (QED) is 0.229. The first-order valence-corrected chi connectivity index (χ1v) is 11.0. The molecule has 0 saturated heterocycles. The van der Waals surface area contributed by atoms with E-state index in [2.05, 4.69) is 28.0 Å². The maximum atomic E-state index is 12.3. The first-order chi connectivity index (χ1) is 16.0. The van der Waals surface area contributed by atoms with Crippen LogP contribution < -0.4 is 10.7 Å². The van der Waals surface area contributed by atoms with Crippen LogP contribution in [0, 0.1) is 0 Å².